The van der Waals surface area contributed by atoms with Crippen molar-refractivity contribution in [2.24, 2.45) is 0 Å². The number of rotatable bonds is 3. The van der Waals surface area contributed by atoms with Crippen molar-refractivity contribution >= 4 is 21.4 Å². The minimum absolute atomic E-state index is 0.183. The van der Waals surface area contributed by atoms with Gasteiger partial charge >= 0.3 is 0 Å². The smallest absolute Gasteiger partial charge is 0.181 e. The van der Waals surface area contributed by atoms with Gasteiger partial charge in [-0.15, -0.1) is 0 Å². The lowest BCUT2D eigenvalue weighted by Crippen LogP contribution is -2.29. The summed E-state index contributed by atoms with van der Waals surface area (Å²) in [5.41, 5.74) is 0.780. The van der Waals surface area contributed by atoms with Gasteiger partial charge in [0.15, 0.2) is 9.84 Å². The zero-order valence-corrected chi connectivity index (χ0v) is 11.5. The van der Waals surface area contributed by atoms with Crippen molar-refractivity contribution in [1.82, 2.24) is 5.32 Å². The second-order valence-corrected chi connectivity index (χ2v) is 7.12. The molecule has 0 spiro atoms. The summed E-state index contributed by atoms with van der Waals surface area (Å²) in [6, 6.07) is 5.28. The van der Waals surface area contributed by atoms with E-state index in [0.29, 0.717) is 22.8 Å². The number of hydrogen-bond acceptors (Lipinski definition) is 3. The Morgan fingerprint density at radius 1 is 1.53 bits per heavy atom. The minimum atomic E-state index is -3.20. The van der Waals surface area contributed by atoms with E-state index >= 15 is 0 Å². The first kappa shape index (κ1) is 12.9. The van der Waals surface area contributed by atoms with E-state index in [0.717, 1.165) is 5.56 Å². The van der Waals surface area contributed by atoms with Crippen LogP contribution in [0.1, 0.15) is 18.9 Å². The highest BCUT2D eigenvalue weighted by molar-refractivity contribution is 7.92. The molecule has 0 radical (unpaired) electrons. The van der Waals surface area contributed by atoms with Crippen molar-refractivity contribution < 1.29 is 8.42 Å². The van der Waals surface area contributed by atoms with Crippen LogP contribution < -0.4 is 5.32 Å². The molecule has 2 rings (SSSR count). The quantitative estimate of drug-likeness (QED) is 0.917. The van der Waals surface area contributed by atoms with Gasteiger partial charge in [0, 0.05) is 11.1 Å². The zero-order chi connectivity index (χ0) is 12.6. The van der Waals surface area contributed by atoms with E-state index in [1.165, 1.54) is 0 Å². The van der Waals surface area contributed by atoms with Crippen molar-refractivity contribution in [2.75, 3.05) is 7.05 Å². The summed E-state index contributed by atoms with van der Waals surface area (Å²) in [6.45, 7) is 1.99. The largest absolute Gasteiger partial charge is 0.317 e. The highest BCUT2D eigenvalue weighted by Gasteiger charge is 2.38. The Kier molecular flexibility index (Phi) is 3.48. The van der Waals surface area contributed by atoms with E-state index in [9.17, 15) is 8.42 Å². The number of hydrogen-bond donors (Lipinski definition) is 1. The molecule has 1 heterocycles. The number of nitrogens with one attached hydrogen (secondary N) is 1. The minimum Gasteiger partial charge on any atom is -0.317 e. The number of benzene rings is 1. The fraction of sp³-hybridized carbons (Fsp3) is 0.500. The molecule has 0 saturated heterocycles. The van der Waals surface area contributed by atoms with Crippen molar-refractivity contribution in [1.29, 1.82) is 0 Å². The van der Waals surface area contributed by atoms with Gasteiger partial charge in [0.2, 0.25) is 0 Å². The summed E-state index contributed by atoms with van der Waals surface area (Å²) < 4.78 is 24.6. The molecular formula is C12H16ClNO2S. The van der Waals surface area contributed by atoms with Gasteiger partial charge in [0.05, 0.1) is 10.1 Å². The number of sulfone groups is 1. The molecule has 0 bridgehead atoms. The van der Waals surface area contributed by atoms with E-state index in [1.807, 2.05) is 14.0 Å². The maximum Gasteiger partial charge on any atom is 0.181 e. The maximum absolute atomic E-state index is 12.3. The molecule has 2 unspecified atom stereocenters. The van der Waals surface area contributed by atoms with Crippen molar-refractivity contribution in [3.05, 3.63) is 28.8 Å². The molecule has 94 valence electrons. The normalized spacial score (nSPS) is 23.4. The molecule has 17 heavy (non-hydrogen) atoms. The molecule has 3 nitrogen and oxygen atoms in total. The Bertz CT molecular complexity index is 527. The van der Waals surface area contributed by atoms with Gasteiger partial charge in [-0.2, -0.15) is 0 Å². The van der Waals surface area contributed by atoms with E-state index in [1.54, 1.807) is 18.2 Å². The zero-order valence-electron chi connectivity index (χ0n) is 9.90. The van der Waals surface area contributed by atoms with E-state index in [2.05, 4.69) is 5.32 Å². The van der Waals surface area contributed by atoms with Crippen LogP contribution in [-0.2, 0) is 16.3 Å². The molecule has 0 amide bonds. The molecule has 1 aromatic carbocycles. The van der Waals surface area contributed by atoms with Crippen LogP contribution >= 0.6 is 11.6 Å². The predicted octanol–water partition coefficient (Wildman–Crippen LogP) is 2.04. The summed E-state index contributed by atoms with van der Waals surface area (Å²) in [5, 5.41) is 3.29. The Labute approximate surface area is 107 Å². The summed E-state index contributed by atoms with van der Waals surface area (Å²) in [4.78, 5) is 0.415. The summed E-state index contributed by atoms with van der Waals surface area (Å²) >= 11 is 6.05. The monoisotopic (exact) mass is 273 g/mol. The summed E-state index contributed by atoms with van der Waals surface area (Å²) in [5.74, 6) is 0. The lowest BCUT2D eigenvalue weighted by atomic mass is 10.1. The van der Waals surface area contributed by atoms with Gasteiger partial charge in [-0.25, -0.2) is 8.42 Å². The molecule has 2 atom stereocenters. The van der Waals surface area contributed by atoms with Crippen LogP contribution in [0.25, 0.3) is 0 Å². The van der Waals surface area contributed by atoms with Gasteiger partial charge in [0.1, 0.15) is 0 Å². The third-order valence-corrected chi connectivity index (χ3v) is 5.95. The van der Waals surface area contributed by atoms with Gasteiger partial charge in [0.25, 0.3) is 0 Å². The predicted molar refractivity (Wildman–Crippen MR) is 69.3 cm³/mol. The fourth-order valence-corrected chi connectivity index (χ4v) is 4.64. The van der Waals surface area contributed by atoms with Gasteiger partial charge in [-0.1, -0.05) is 17.7 Å². The van der Waals surface area contributed by atoms with E-state index < -0.39 is 9.84 Å². The first-order valence-electron chi connectivity index (χ1n) is 5.65. The van der Waals surface area contributed by atoms with Crippen molar-refractivity contribution in [3.63, 3.8) is 0 Å². The Balaban J connectivity index is 2.37. The highest BCUT2D eigenvalue weighted by Crippen LogP contribution is 2.37. The average molecular weight is 274 g/mol. The Hall–Kier alpha value is -0.580. The van der Waals surface area contributed by atoms with E-state index in [-0.39, 0.29) is 11.3 Å². The molecule has 0 aromatic heterocycles. The molecule has 5 heteroatoms. The number of fused-ring (bicyclic) bond motifs is 1. The maximum atomic E-state index is 12.3. The van der Waals surface area contributed by atoms with Crippen molar-refractivity contribution in [2.45, 2.75) is 36.0 Å². The third-order valence-electron chi connectivity index (χ3n) is 3.36. The Morgan fingerprint density at radius 2 is 2.24 bits per heavy atom. The molecule has 1 N–H and O–H groups in total. The molecule has 1 aliphatic heterocycles. The van der Waals surface area contributed by atoms with Gasteiger partial charge < -0.3 is 5.32 Å². The standard InChI is InChI=1S/C12H16ClNO2S/c1-8(14-2)6-9-7-10-11(13)4-3-5-12(10)17(9,15)16/h3-5,8-9,14H,6-7H2,1-2H3. The first-order chi connectivity index (χ1) is 7.96. The van der Waals surface area contributed by atoms with Crippen LogP contribution in [0.15, 0.2) is 23.1 Å². The highest BCUT2D eigenvalue weighted by atomic mass is 35.5. The van der Waals surface area contributed by atoms with Crippen LogP contribution in [0, 0.1) is 0 Å². The molecule has 0 saturated carbocycles. The fourth-order valence-electron chi connectivity index (χ4n) is 2.24. The SMILES string of the molecule is CNC(C)CC1Cc2c(Cl)cccc2S1(=O)=O. The van der Waals surface area contributed by atoms with Crippen LogP contribution in [0.4, 0.5) is 0 Å². The molecule has 0 aliphatic carbocycles. The molecule has 1 aliphatic rings. The Morgan fingerprint density at radius 3 is 2.82 bits per heavy atom. The summed E-state index contributed by atoms with van der Waals surface area (Å²) in [6.07, 6.45) is 1.15. The van der Waals surface area contributed by atoms with E-state index in [4.69, 9.17) is 11.6 Å². The summed E-state index contributed by atoms with van der Waals surface area (Å²) in [7, 11) is -1.36. The number of halogens is 1. The average Bonchev–Trinajstić information content (AvgIpc) is 2.53. The van der Waals surface area contributed by atoms with Gasteiger partial charge in [-0.05, 0) is 44.5 Å². The third kappa shape index (κ3) is 2.21. The lowest BCUT2D eigenvalue weighted by molar-refractivity contribution is 0.526. The first-order valence-corrected chi connectivity index (χ1v) is 7.57. The second kappa shape index (κ2) is 4.59. The van der Waals surface area contributed by atoms with Crippen LogP contribution in [0.2, 0.25) is 5.02 Å². The van der Waals surface area contributed by atoms with Crippen LogP contribution in [0.5, 0.6) is 0 Å². The molecule has 0 fully saturated rings. The molecule has 1 aromatic rings. The van der Waals surface area contributed by atoms with Gasteiger partial charge in [-0.3, -0.25) is 0 Å². The van der Waals surface area contributed by atoms with Crippen molar-refractivity contribution in [3.8, 4) is 0 Å². The van der Waals surface area contributed by atoms with Crippen LogP contribution in [-0.4, -0.2) is 26.8 Å². The lowest BCUT2D eigenvalue weighted by Gasteiger charge is -2.15. The second-order valence-electron chi connectivity index (χ2n) is 4.51. The molecular weight excluding hydrogens is 258 g/mol. The topological polar surface area (TPSA) is 46.2 Å². The van der Waals surface area contributed by atoms with Crippen LogP contribution in [0.3, 0.4) is 0 Å².